The number of fused-ring (bicyclic) bond motifs is 8. The summed E-state index contributed by atoms with van der Waals surface area (Å²) in [7, 11) is -3.90. The van der Waals surface area contributed by atoms with Gasteiger partial charge in [0.15, 0.2) is 0 Å². The number of amides is 4. The van der Waals surface area contributed by atoms with Crippen LogP contribution in [0.15, 0.2) is 67.3 Å². The average molecular weight is 772 g/mol. The molecule has 1 saturated heterocycles. The van der Waals surface area contributed by atoms with Crippen molar-refractivity contribution < 1.29 is 32.3 Å². The van der Waals surface area contributed by atoms with Crippen molar-refractivity contribution in [3.05, 3.63) is 72.8 Å². The summed E-state index contributed by atoms with van der Waals surface area (Å²) >= 11 is 0. The van der Waals surface area contributed by atoms with Crippen LogP contribution in [0.25, 0.3) is 22.5 Å². The molecule has 7 rings (SSSR count). The van der Waals surface area contributed by atoms with E-state index in [1.807, 2.05) is 63.2 Å². The Kier molecular flexibility index (Phi) is 10.3. The summed E-state index contributed by atoms with van der Waals surface area (Å²) in [4.78, 5) is 58.8. The van der Waals surface area contributed by atoms with Crippen molar-refractivity contribution in [2.45, 2.75) is 101 Å². The van der Waals surface area contributed by atoms with Crippen LogP contribution >= 0.6 is 0 Å². The second-order valence-corrected chi connectivity index (χ2v) is 18.2. The molecule has 3 N–H and O–H groups in total. The molecule has 15 heteroatoms. The lowest BCUT2D eigenvalue weighted by molar-refractivity contribution is -0.142. The molecule has 3 aromatic rings. The summed E-state index contributed by atoms with van der Waals surface area (Å²) in [5.74, 6) is -2.50. The maximum atomic E-state index is 14.7. The maximum absolute atomic E-state index is 14.7. The number of benzene rings is 2. The van der Waals surface area contributed by atoms with E-state index in [-0.39, 0.29) is 26.0 Å². The second kappa shape index (κ2) is 14.9. The third kappa shape index (κ3) is 8.03. The lowest BCUT2D eigenvalue weighted by Gasteiger charge is -2.35. The van der Waals surface area contributed by atoms with E-state index in [0.717, 1.165) is 36.0 Å². The van der Waals surface area contributed by atoms with Gasteiger partial charge in [0.25, 0.3) is 5.91 Å². The minimum Gasteiger partial charge on any atom is -0.450 e. The molecule has 1 aromatic heterocycles. The number of rotatable bonds is 7. The zero-order valence-corrected chi connectivity index (χ0v) is 32.3. The summed E-state index contributed by atoms with van der Waals surface area (Å²) in [5.41, 5.74) is 1.82. The first-order chi connectivity index (χ1) is 26.2. The fourth-order valence-electron chi connectivity index (χ4n) is 7.58. The SMILES string of the molecule is C=C[C@@H]1C[C@]1(NC(=O)[C@@H]1C[C@@H]2CN1C(=O)[C@H](C(C)(C)C)NC(=O)OCCCCCc1cccc(c1)-c1nn2nc1-c1ccccc1)C(=O)NS(=O)(=O)C1CC1. The van der Waals surface area contributed by atoms with Crippen LogP contribution in [0.4, 0.5) is 4.79 Å². The van der Waals surface area contributed by atoms with Crippen molar-refractivity contribution in [3.63, 3.8) is 0 Å². The molecule has 3 heterocycles. The van der Waals surface area contributed by atoms with Crippen LogP contribution in [-0.2, 0) is 35.6 Å². The van der Waals surface area contributed by atoms with E-state index in [9.17, 15) is 27.6 Å². The van der Waals surface area contributed by atoms with Crippen LogP contribution in [0, 0.1) is 11.3 Å². The molecular weight excluding hydrogens is 723 g/mol. The van der Waals surface area contributed by atoms with Gasteiger partial charge in [-0.2, -0.15) is 15.0 Å². The van der Waals surface area contributed by atoms with E-state index in [2.05, 4.69) is 34.1 Å². The number of carbonyl (C=O) groups is 4. The number of nitrogens with zero attached hydrogens (tertiary/aromatic N) is 4. The molecule has 292 valence electrons. The van der Waals surface area contributed by atoms with Crippen LogP contribution in [0.1, 0.15) is 77.3 Å². The number of alkyl carbamates (subject to hydrolysis) is 1. The Labute approximate surface area is 321 Å². The Bertz CT molecular complexity index is 2090. The first-order valence-corrected chi connectivity index (χ1v) is 20.6. The Morgan fingerprint density at radius 1 is 1.00 bits per heavy atom. The number of aromatic nitrogens is 3. The average Bonchev–Trinajstić information content (AvgIpc) is 4.04. The third-order valence-electron chi connectivity index (χ3n) is 11.0. The van der Waals surface area contributed by atoms with Crippen LogP contribution in [0.3, 0.4) is 0 Å². The molecule has 14 nitrogen and oxygen atoms in total. The lowest BCUT2D eigenvalue weighted by atomic mass is 9.85. The standard InChI is InChI=1S/C40H49N7O7S/c1-5-28-23-40(28,37(50)45-55(52,53)30-18-19-30)42-35(48)31-22-29-24-46(31)36(49)34(39(2,3)4)41-38(51)54-20-11-7-8-13-25-14-12-17-27(21-25)33-32(43-47(29)44-33)26-15-9-6-10-16-26/h5-6,9-10,12,14-17,21,28-31,34H,1,7-8,11,13,18-20,22-24H2,2-4H3,(H,41,51)(H,42,48)(H,45,50)/t28-,29-,31+,34-,40-/m1/s1. The summed E-state index contributed by atoms with van der Waals surface area (Å²) in [6.45, 7) is 9.44. The molecule has 4 aliphatic rings. The van der Waals surface area contributed by atoms with Gasteiger partial charge in [-0.3, -0.25) is 19.1 Å². The molecule has 0 spiro atoms. The smallest absolute Gasteiger partial charge is 0.407 e. The minimum atomic E-state index is -3.90. The molecular formula is C40H49N7O7S. The minimum absolute atomic E-state index is 0.0166. The Balaban J connectivity index is 1.27. The van der Waals surface area contributed by atoms with Gasteiger partial charge in [0.2, 0.25) is 21.8 Å². The van der Waals surface area contributed by atoms with Gasteiger partial charge in [0.05, 0.1) is 17.9 Å². The van der Waals surface area contributed by atoms with Crippen molar-refractivity contribution in [2.24, 2.45) is 11.3 Å². The highest BCUT2D eigenvalue weighted by atomic mass is 32.2. The molecule has 2 aliphatic carbocycles. The molecule has 2 aromatic carbocycles. The van der Waals surface area contributed by atoms with Crippen molar-refractivity contribution >= 4 is 33.8 Å². The van der Waals surface area contributed by atoms with Gasteiger partial charge in [-0.1, -0.05) is 75.4 Å². The molecule has 2 aliphatic heterocycles. The van der Waals surface area contributed by atoms with E-state index >= 15 is 0 Å². The predicted molar refractivity (Wildman–Crippen MR) is 205 cm³/mol. The van der Waals surface area contributed by atoms with Gasteiger partial charge in [0.1, 0.15) is 29.0 Å². The third-order valence-corrected chi connectivity index (χ3v) is 12.9. The van der Waals surface area contributed by atoms with Crippen LogP contribution in [0.5, 0.6) is 0 Å². The fourth-order valence-corrected chi connectivity index (χ4v) is 8.95. The monoisotopic (exact) mass is 771 g/mol. The predicted octanol–water partition coefficient (Wildman–Crippen LogP) is 4.29. The van der Waals surface area contributed by atoms with E-state index in [1.165, 1.54) is 11.0 Å². The van der Waals surface area contributed by atoms with Gasteiger partial charge >= 0.3 is 6.09 Å². The molecule has 6 bridgehead atoms. The first-order valence-electron chi connectivity index (χ1n) is 19.1. The topological polar surface area (TPSA) is 182 Å². The van der Waals surface area contributed by atoms with Gasteiger partial charge in [-0.25, -0.2) is 13.2 Å². The largest absolute Gasteiger partial charge is 0.450 e. The summed E-state index contributed by atoms with van der Waals surface area (Å²) in [6, 6.07) is 15.1. The number of hydrogen-bond donors (Lipinski definition) is 3. The Morgan fingerprint density at radius 3 is 2.38 bits per heavy atom. The molecule has 5 atom stereocenters. The van der Waals surface area contributed by atoms with Crippen LogP contribution < -0.4 is 15.4 Å². The molecule has 4 amide bonds. The first kappa shape index (κ1) is 38.2. The Morgan fingerprint density at radius 2 is 1.71 bits per heavy atom. The zero-order chi connectivity index (χ0) is 39.1. The maximum Gasteiger partial charge on any atom is 0.407 e. The Hall–Kier alpha value is -5.05. The number of carbonyl (C=O) groups excluding carboxylic acids is 4. The second-order valence-electron chi connectivity index (χ2n) is 16.3. The van der Waals surface area contributed by atoms with Gasteiger partial charge in [-0.05, 0) is 62.0 Å². The highest BCUT2D eigenvalue weighted by Gasteiger charge is 2.62. The number of aryl methyl sites for hydroxylation is 1. The number of sulfonamides is 1. The van der Waals surface area contributed by atoms with Gasteiger partial charge in [-0.15, -0.1) is 6.58 Å². The zero-order valence-electron chi connectivity index (χ0n) is 31.5. The summed E-state index contributed by atoms with van der Waals surface area (Å²) < 4.78 is 33.2. The van der Waals surface area contributed by atoms with E-state index < -0.39 is 74.1 Å². The summed E-state index contributed by atoms with van der Waals surface area (Å²) in [6.07, 6.45) is 5.13. The van der Waals surface area contributed by atoms with Crippen molar-refractivity contribution in [2.75, 3.05) is 13.2 Å². The molecule has 2 saturated carbocycles. The van der Waals surface area contributed by atoms with Crippen molar-refractivity contribution in [3.8, 4) is 22.5 Å². The van der Waals surface area contributed by atoms with Gasteiger partial charge < -0.3 is 20.3 Å². The highest BCUT2D eigenvalue weighted by molar-refractivity contribution is 7.91. The van der Waals surface area contributed by atoms with Crippen LogP contribution in [-0.4, -0.2) is 88.2 Å². The normalized spacial score (nSPS) is 26.1. The van der Waals surface area contributed by atoms with Crippen molar-refractivity contribution in [1.82, 2.24) is 35.2 Å². The molecule has 55 heavy (non-hydrogen) atoms. The highest BCUT2D eigenvalue weighted by Crippen LogP contribution is 2.46. The molecule has 0 unspecified atom stereocenters. The number of cyclic esters (lactones) is 1. The summed E-state index contributed by atoms with van der Waals surface area (Å²) in [5, 5.41) is 15.0. The molecule has 3 fully saturated rings. The van der Waals surface area contributed by atoms with E-state index in [0.29, 0.717) is 30.7 Å². The van der Waals surface area contributed by atoms with Crippen molar-refractivity contribution in [1.29, 1.82) is 0 Å². The number of ether oxygens (including phenoxy) is 1. The van der Waals surface area contributed by atoms with Crippen LogP contribution in [0.2, 0.25) is 0 Å². The molecule has 0 radical (unpaired) electrons. The lowest BCUT2D eigenvalue weighted by Crippen LogP contribution is -2.60. The van der Waals surface area contributed by atoms with Gasteiger partial charge in [0, 0.05) is 30.0 Å². The van der Waals surface area contributed by atoms with E-state index in [1.54, 1.807) is 4.80 Å². The fraction of sp³-hybridized carbons (Fsp3) is 0.500. The number of nitrogens with one attached hydrogen (secondary N) is 3. The number of hydrogen-bond acceptors (Lipinski definition) is 9. The van der Waals surface area contributed by atoms with E-state index in [4.69, 9.17) is 14.9 Å². The quantitative estimate of drug-likeness (QED) is 0.295.